The number of ether oxygens (including phenoxy) is 3. The Hall–Kier alpha value is -4.19. The van der Waals surface area contributed by atoms with E-state index in [2.05, 4.69) is 37.4 Å². The molecule has 3 aromatic carbocycles. The van der Waals surface area contributed by atoms with Crippen molar-refractivity contribution in [2.24, 2.45) is 0 Å². The lowest BCUT2D eigenvalue weighted by molar-refractivity contribution is -0.116. The number of hydrogen-bond acceptors (Lipinski definition) is 5. The average molecular weight is 470 g/mol. The molecule has 0 unspecified atom stereocenters. The Morgan fingerprint density at radius 1 is 1.03 bits per heavy atom. The van der Waals surface area contributed by atoms with Gasteiger partial charge in [-0.05, 0) is 61.2 Å². The predicted octanol–water partition coefficient (Wildman–Crippen LogP) is 6.17. The Kier molecular flexibility index (Phi) is 5.95. The van der Waals surface area contributed by atoms with Crippen LogP contribution in [0, 0.1) is 13.8 Å². The summed E-state index contributed by atoms with van der Waals surface area (Å²) >= 11 is 0. The van der Waals surface area contributed by atoms with Crippen molar-refractivity contribution < 1.29 is 23.4 Å². The van der Waals surface area contributed by atoms with Gasteiger partial charge in [0.15, 0.2) is 11.5 Å². The van der Waals surface area contributed by atoms with Gasteiger partial charge in [0.1, 0.15) is 11.3 Å². The Morgan fingerprint density at radius 2 is 1.86 bits per heavy atom. The van der Waals surface area contributed by atoms with E-state index in [-0.39, 0.29) is 12.7 Å². The van der Waals surface area contributed by atoms with Crippen molar-refractivity contribution in [3.05, 3.63) is 83.1 Å². The molecule has 5 rings (SSSR count). The molecule has 1 N–H and O–H groups in total. The van der Waals surface area contributed by atoms with Gasteiger partial charge < -0.3 is 23.9 Å². The summed E-state index contributed by atoms with van der Waals surface area (Å²) in [4.78, 5) is 12.7. The molecule has 0 saturated carbocycles. The number of nitrogens with one attached hydrogen (secondary N) is 1. The molecule has 178 valence electrons. The Labute approximate surface area is 204 Å². The monoisotopic (exact) mass is 469 g/mol. The number of allylic oxidation sites excluding steroid dienone is 1. The lowest BCUT2D eigenvalue weighted by Gasteiger charge is -2.11. The molecule has 1 aliphatic rings. The van der Waals surface area contributed by atoms with Gasteiger partial charge in [-0.2, -0.15) is 0 Å². The second-order valence-electron chi connectivity index (χ2n) is 8.75. The zero-order valence-corrected chi connectivity index (χ0v) is 20.2. The van der Waals surface area contributed by atoms with Gasteiger partial charge in [0.05, 0.1) is 13.4 Å². The van der Waals surface area contributed by atoms with Crippen LogP contribution >= 0.6 is 0 Å². The minimum atomic E-state index is -0.191. The van der Waals surface area contributed by atoms with Crippen LogP contribution < -0.4 is 19.5 Å². The predicted molar refractivity (Wildman–Crippen MR) is 136 cm³/mol. The van der Waals surface area contributed by atoms with E-state index in [1.54, 1.807) is 19.4 Å². The highest BCUT2D eigenvalue weighted by Gasteiger charge is 2.17. The largest absolute Gasteiger partial charge is 0.496 e. The highest BCUT2D eigenvalue weighted by molar-refractivity contribution is 6.00. The number of methoxy groups -OCH3 is 1. The molecule has 0 atom stereocenters. The highest BCUT2D eigenvalue weighted by Crippen LogP contribution is 2.38. The molecule has 2 heterocycles. The second kappa shape index (κ2) is 9.22. The summed E-state index contributed by atoms with van der Waals surface area (Å²) in [5.41, 5.74) is 7.83. The van der Waals surface area contributed by atoms with Crippen LogP contribution in [-0.4, -0.2) is 19.8 Å². The molecule has 1 aliphatic heterocycles. The molecular formula is C29H27NO5. The van der Waals surface area contributed by atoms with Crippen molar-refractivity contribution in [2.75, 3.05) is 13.9 Å². The second-order valence-corrected chi connectivity index (χ2v) is 8.75. The third-order valence-corrected chi connectivity index (χ3v) is 6.24. The van der Waals surface area contributed by atoms with Crippen molar-refractivity contribution in [1.82, 2.24) is 5.32 Å². The van der Waals surface area contributed by atoms with Crippen LogP contribution in [0.1, 0.15) is 29.2 Å². The molecule has 1 amide bonds. The first-order valence-corrected chi connectivity index (χ1v) is 11.4. The Morgan fingerprint density at radius 3 is 2.66 bits per heavy atom. The van der Waals surface area contributed by atoms with Crippen LogP contribution in [0.3, 0.4) is 0 Å². The molecule has 0 radical (unpaired) electrons. The van der Waals surface area contributed by atoms with E-state index >= 15 is 0 Å². The number of carbonyl (C=O) groups excluding carboxylic acids is 1. The maximum atomic E-state index is 12.7. The maximum absolute atomic E-state index is 12.7. The number of aryl methyl sites for hydroxylation is 2. The summed E-state index contributed by atoms with van der Waals surface area (Å²) in [6.45, 7) is 6.69. The van der Waals surface area contributed by atoms with E-state index in [0.717, 1.165) is 44.5 Å². The minimum Gasteiger partial charge on any atom is -0.496 e. The molecule has 1 aromatic heterocycles. The van der Waals surface area contributed by atoms with Gasteiger partial charge in [0.25, 0.3) is 0 Å². The van der Waals surface area contributed by atoms with Crippen LogP contribution in [-0.2, 0) is 11.3 Å². The number of amides is 1. The number of hydrogen-bond donors (Lipinski definition) is 1. The molecule has 4 aromatic rings. The van der Waals surface area contributed by atoms with Crippen LogP contribution in [0.15, 0.2) is 65.3 Å². The number of fused-ring (bicyclic) bond motifs is 2. The zero-order chi connectivity index (χ0) is 24.5. The molecule has 0 fully saturated rings. The van der Waals surface area contributed by atoms with E-state index in [0.29, 0.717) is 18.0 Å². The molecule has 35 heavy (non-hydrogen) atoms. The van der Waals surface area contributed by atoms with E-state index in [1.807, 2.05) is 37.3 Å². The van der Waals surface area contributed by atoms with Crippen LogP contribution in [0.5, 0.6) is 17.2 Å². The number of benzene rings is 3. The molecule has 0 aliphatic carbocycles. The van der Waals surface area contributed by atoms with Crippen molar-refractivity contribution >= 4 is 22.4 Å². The Balaban J connectivity index is 1.41. The van der Waals surface area contributed by atoms with Gasteiger partial charge in [-0.25, -0.2) is 0 Å². The van der Waals surface area contributed by atoms with Crippen molar-refractivity contribution in [2.45, 2.75) is 27.3 Å². The summed E-state index contributed by atoms with van der Waals surface area (Å²) in [7, 11) is 1.62. The third kappa shape index (κ3) is 4.47. The summed E-state index contributed by atoms with van der Waals surface area (Å²) in [5.74, 6) is 1.87. The van der Waals surface area contributed by atoms with Gasteiger partial charge in [-0.15, -0.1) is 0 Å². The van der Waals surface area contributed by atoms with E-state index < -0.39 is 0 Å². The lowest BCUT2D eigenvalue weighted by atomic mass is 9.96. The fourth-order valence-corrected chi connectivity index (χ4v) is 4.42. The van der Waals surface area contributed by atoms with Crippen LogP contribution in [0.4, 0.5) is 0 Å². The first kappa shape index (κ1) is 22.6. The summed E-state index contributed by atoms with van der Waals surface area (Å²) in [6.07, 6.45) is 3.37. The number of carbonyl (C=O) groups is 1. The summed E-state index contributed by atoms with van der Waals surface area (Å²) < 4.78 is 22.2. The average Bonchev–Trinajstić information content (AvgIpc) is 3.48. The molecule has 0 spiro atoms. The normalized spacial score (nSPS) is 12.7. The van der Waals surface area contributed by atoms with Crippen LogP contribution in [0.25, 0.3) is 27.7 Å². The van der Waals surface area contributed by atoms with Gasteiger partial charge in [0.2, 0.25) is 12.7 Å². The van der Waals surface area contributed by atoms with Crippen molar-refractivity contribution in [3.63, 3.8) is 0 Å². The fraction of sp³-hybridized carbons (Fsp3) is 0.207. The molecule has 0 saturated heterocycles. The van der Waals surface area contributed by atoms with E-state index in [4.69, 9.17) is 18.6 Å². The number of rotatable bonds is 6. The first-order chi connectivity index (χ1) is 16.9. The van der Waals surface area contributed by atoms with Gasteiger partial charge in [-0.3, -0.25) is 4.79 Å². The fourth-order valence-electron chi connectivity index (χ4n) is 4.42. The highest BCUT2D eigenvalue weighted by atomic mass is 16.7. The van der Waals surface area contributed by atoms with Crippen molar-refractivity contribution in [1.29, 1.82) is 0 Å². The van der Waals surface area contributed by atoms with Gasteiger partial charge in [-0.1, -0.05) is 29.8 Å². The number of furan rings is 1. The third-order valence-electron chi connectivity index (χ3n) is 6.24. The van der Waals surface area contributed by atoms with E-state index in [1.165, 1.54) is 11.1 Å². The van der Waals surface area contributed by atoms with Gasteiger partial charge in [0, 0.05) is 35.2 Å². The molecule has 6 nitrogen and oxygen atoms in total. The topological polar surface area (TPSA) is 69.9 Å². The lowest BCUT2D eigenvalue weighted by Crippen LogP contribution is -2.20. The SMILES string of the molecule is COc1cc2occ(-c3ccc(C)cc3C)c2cc1/C(C)=C/C(=O)NCc1ccc2c(c1)OCO2. The molecule has 0 bridgehead atoms. The first-order valence-electron chi connectivity index (χ1n) is 11.4. The maximum Gasteiger partial charge on any atom is 0.244 e. The quantitative estimate of drug-likeness (QED) is 0.342. The smallest absolute Gasteiger partial charge is 0.244 e. The van der Waals surface area contributed by atoms with E-state index in [9.17, 15) is 4.79 Å². The molecular weight excluding hydrogens is 442 g/mol. The van der Waals surface area contributed by atoms with Crippen LogP contribution in [0.2, 0.25) is 0 Å². The van der Waals surface area contributed by atoms with Gasteiger partial charge >= 0.3 is 0 Å². The standard InChI is InChI=1S/C29H27NO5/c1-17-5-7-21(18(2)9-17)24-15-33-27-13-26(32-4)22(12-23(24)27)19(3)10-29(31)30-14-20-6-8-25-28(11-20)35-16-34-25/h5-13,15H,14,16H2,1-4H3,(H,30,31)/b19-10+. The Bertz CT molecular complexity index is 1460. The summed E-state index contributed by atoms with van der Waals surface area (Å²) in [6, 6.07) is 15.9. The zero-order valence-electron chi connectivity index (χ0n) is 20.2. The minimum absolute atomic E-state index is 0.191. The van der Waals surface area contributed by atoms with Crippen molar-refractivity contribution in [3.8, 4) is 28.4 Å². The molecule has 6 heteroatoms. The summed E-state index contributed by atoms with van der Waals surface area (Å²) in [5, 5.41) is 3.91.